The molecule has 6 heteroatoms. The molecular weight excluding hydrogens is 298 g/mol. The summed E-state index contributed by atoms with van der Waals surface area (Å²) >= 11 is 7.43. The zero-order valence-electron chi connectivity index (χ0n) is 10.5. The van der Waals surface area contributed by atoms with Crippen LogP contribution in [0, 0.1) is 6.92 Å². The van der Waals surface area contributed by atoms with E-state index in [0.29, 0.717) is 26.9 Å². The first-order chi connectivity index (χ1) is 9.56. The van der Waals surface area contributed by atoms with Crippen LogP contribution in [-0.4, -0.2) is 18.3 Å². The number of ether oxygens (including phenoxy) is 1. The van der Waals surface area contributed by atoms with Gasteiger partial charge in [0.05, 0.1) is 15.6 Å². The van der Waals surface area contributed by atoms with Crippen LogP contribution in [0.5, 0.6) is 5.75 Å². The maximum absolute atomic E-state index is 12.4. The Balaban J connectivity index is 1.99. The molecule has 0 radical (unpaired) electrons. The number of aryl methyl sites for hydroxylation is 1. The average Bonchev–Trinajstić information content (AvgIpc) is 2.77. The van der Waals surface area contributed by atoms with Crippen molar-refractivity contribution in [3.63, 3.8) is 0 Å². The maximum Gasteiger partial charge on any atom is 0.262 e. The predicted molar refractivity (Wildman–Crippen MR) is 78.1 cm³/mol. The Kier molecular flexibility index (Phi) is 3.23. The highest BCUT2D eigenvalue weighted by atomic mass is 35.5. The summed E-state index contributed by atoms with van der Waals surface area (Å²) in [6.45, 7) is 1.85. The van der Waals surface area contributed by atoms with Crippen molar-refractivity contribution in [2.45, 2.75) is 6.92 Å². The van der Waals surface area contributed by atoms with E-state index in [1.165, 1.54) is 11.3 Å². The fourth-order valence-electron chi connectivity index (χ4n) is 1.94. The molecule has 3 rings (SSSR count). The number of ketones is 1. The number of carbonyl (C=O) groups excluding carboxylic acids is 2. The van der Waals surface area contributed by atoms with E-state index in [0.717, 1.165) is 5.56 Å². The van der Waals surface area contributed by atoms with Crippen molar-refractivity contribution in [2.24, 2.45) is 0 Å². The van der Waals surface area contributed by atoms with Crippen LogP contribution in [0.4, 0.5) is 5.69 Å². The molecule has 1 aromatic heterocycles. The summed E-state index contributed by atoms with van der Waals surface area (Å²) in [5.41, 5.74) is 1.87. The topological polar surface area (TPSA) is 55.4 Å². The minimum Gasteiger partial charge on any atom is -0.482 e. The van der Waals surface area contributed by atoms with Crippen molar-refractivity contribution in [1.29, 1.82) is 0 Å². The van der Waals surface area contributed by atoms with Crippen LogP contribution in [-0.2, 0) is 4.79 Å². The van der Waals surface area contributed by atoms with E-state index in [2.05, 4.69) is 5.32 Å². The lowest BCUT2D eigenvalue weighted by Crippen LogP contribution is -2.25. The van der Waals surface area contributed by atoms with Gasteiger partial charge in [0, 0.05) is 5.56 Å². The summed E-state index contributed by atoms with van der Waals surface area (Å²) in [5, 5.41) is 5.01. The largest absolute Gasteiger partial charge is 0.482 e. The number of rotatable bonds is 2. The summed E-state index contributed by atoms with van der Waals surface area (Å²) in [7, 11) is 0. The first-order valence-corrected chi connectivity index (χ1v) is 7.17. The molecule has 0 saturated heterocycles. The molecule has 1 aliphatic rings. The third-order valence-electron chi connectivity index (χ3n) is 2.98. The number of nitrogens with one attached hydrogen (secondary N) is 1. The van der Waals surface area contributed by atoms with Gasteiger partial charge in [0.15, 0.2) is 6.61 Å². The molecule has 0 saturated carbocycles. The van der Waals surface area contributed by atoms with Gasteiger partial charge in [0.1, 0.15) is 5.75 Å². The van der Waals surface area contributed by atoms with Crippen LogP contribution in [0.15, 0.2) is 23.6 Å². The third-order valence-corrected chi connectivity index (χ3v) is 4.68. The first-order valence-electron chi connectivity index (χ1n) is 5.91. The van der Waals surface area contributed by atoms with E-state index < -0.39 is 0 Å². The number of hydrogen-bond donors (Lipinski definition) is 1. The van der Waals surface area contributed by atoms with Crippen molar-refractivity contribution in [3.8, 4) is 5.75 Å². The van der Waals surface area contributed by atoms with E-state index in [4.69, 9.17) is 16.3 Å². The summed E-state index contributed by atoms with van der Waals surface area (Å²) in [6, 6.07) is 4.96. The lowest BCUT2D eigenvalue weighted by molar-refractivity contribution is -0.118. The molecule has 0 fully saturated rings. The summed E-state index contributed by atoms with van der Waals surface area (Å²) in [6.07, 6.45) is 0. The number of thiophene rings is 1. The summed E-state index contributed by atoms with van der Waals surface area (Å²) in [4.78, 5) is 24.2. The van der Waals surface area contributed by atoms with Crippen molar-refractivity contribution < 1.29 is 14.3 Å². The number of fused-ring (bicyclic) bond motifs is 1. The fraction of sp³-hybridized carbons (Fsp3) is 0.143. The van der Waals surface area contributed by atoms with Crippen molar-refractivity contribution >= 4 is 40.3 Å². The van der Waals surface area contributed by atoms with Gasteiger partial charge in [-0.2, -0.15) is 0 Å². The van der Waals surface area contributed by atoms with Gasteiger partial charge < -0.3 is 10.1 Å². The highest BCUT2D eigenvalue weighted by Gasteiger charge is 2.21. The molecule has 2 aromatic rings. The molecule has 2 heterocycles. The minimum atomic E-state index is -0.230. The van der Waals surface area contributed by atoms with Gasteiger partial charge in [-0.25, -0.2) is 0 Å². The predicted octanol–water partition coefficient (Wildman–Crippen LogP) is 3.27. The molecule has 1 N–H and O–H groups in total. The van der Waals surface area contributed by atoms with E-state index in [1.54, 1.807) is 18.2 Å². The Labute approximate surface area is 124 Å². The smallest absolute Gasteiger partial charge is 0.262 e. The molecule has 0 atom stereocenters. The molecule has 4 nitrogen and oxygen atoms in total. The lowest BCUT2D eigenvalue weighted by Gasteiger charge is -2.18. The second kappa shape index (κ2) is 4.92. The minimum absolute atomic E-state index is 0.00373. The van der Waals surface area contributed by atoms with Crippen molar-refractivity contribution in [3.05, 3.63) is 44.6 Å². The van der Waals surface area contributed by atoms with Crippen LogP contribution in [0.2, 0.25) is 5.02 Å². The highest BCUT2D eigenvalue weighted by Crippen LogP contribution is 2.33. The van der Waals surface area contributed by atoms with Crippen molar-refractivity contribution in [1.82, 2.24) is 0 Å². The van der Waals surface area contributed by atoms with E-state index >= 15 is 0 Å². The number of benzene rings is 1. The molecule has 1 aromatic carbocycles. The van der Waals surface area contributed by atoms with E-state index in [-0.39, 0.29) is 18.3 Å². The van der Waals surface area contributed by atoms with Gasteiger partial charge in [-0.1, -0.05) is 11.6 Å². The lowest BCUT2D eigenvalue weighted by atomic mass is 10.1. The molecule has 102 valence electrons. The Bertz CT molecular complexity index is 723. The quantitative estimate of drug-likeness (QED) is 0.866. The monoisotopic (exact) mass is 307 g/mol. The maximum atomic E-state index is 12.4. The van der Waals surface area contributed by atoms with Gasteiger partial charge in [-0.3, -0.25) is 9.59 Å². The number of halogens is 1. The second-order valence-corrected chi connectivity index (χ2v) is 5.70. The van der Waals surface area contributed by atoms with Gasteiger partial charge >= 0.3 is 0 Å². The van der Waals surface area contributed by atoms with Crippen LogP contribution >= 0.6 is 22.9 Å². The Morgan fingerprint density at radius 3 is 2.95 bits per heavy atom. The summed E-state index contributed by atoms with van der Waals surface area (Å²) in [5.74, 6) is 0.178. The van der Waals surface area contributed by atoms with Crippen molar-refractivity contribution in [2.75, 3.05) is 11.9 Å². The molecule has 0 aliphatic carbocycles. The zero-order valence-corrected chi connectivity index (χ0v) is 12.1. The Morgan fingerprint density at radius 1 is 1.45 bits per heavy atom. The second-order valence-electron chi connectivity index (χ2n) is 4.44. The SMILES string of the molecule is Cc1csc(C(=O)c2ccc3c(c2)NC(=O)CO3)c1Cl. The standard InChI is InChI=1S/C14H10ClNO3S/c1-7-6-20-14(12(7)15)13(18)8-2-3-10-9(4-8)16-11(17)5-19-10/h2-4,6H,5H2,1H3,(H,16,17). The summed E-state index contributed by atoms with van der Waals surface area (Å²) < 4.78 is 5.26. The number of carbonyl (C=O) groups is 2. The Hall–Kier alpha value is -1.85. The third kappa shape index (κ3) is 2.19. The average molecular weight is 308 g/mol. The zero-order chi connectivity index (χ0) is 14.3. The Morgan fingerprint density at radius 2 is 2.25 bits per heavy atom. The fourth-order valence-corrected chi connectivity index (χ4v) is 3.18. The molecule has 0 spiro atoms. The number of anilines is 1. The van der Waals surface area contributed by atoms with Gasteiger partial charge in [0.2, 0.25) is 5.78 Å². The normalized spacial score (nSPS) is 13.4. The number of amides is 1. The molecule has 0 bridgehead atoms. The van der Waals surface area contributed by atoms with Crippen LogP contribution in [0.1, 0.15) is 20.8 Å². The van der Waals surface area contributed by atoms with E-state index in [1.807, 2.05) is 12.3 Å². The van der Waals surface area contributed by atoms with E-state index in [9.17, 15) is 9.59 Å². The molecular formula is C14H10ClNO3S. The van der Waals surface area contributed by atoms with Crippen LogP contribution < -0.4 is 10.1 Å². The van der Waals surface area contributed by atoms with Gasteiger partial charge in [-0.15, -0.1) is 11.3 Å². The molecule has 0 unspecified atom stereocenters. The number of hydrogen-bond acceptors (Lipinski definition) is 4. The molecule has 1 amide bonds. The van der Waals surface area contributed by atoms with Gasteiger partial charge in [0.25, 0.3) is 5.91 Å². The highest BCUT2D eigenvalue weighted by molar-refractivity contribution is 7.13. The first kappa shape index (κ1) is 13.1. The van der Waals surface area contributed by atoms with Gasteiger partial charge in [-0.05, 0) is 36.1 Å². The molecule has 1 aliphatic heterocycles. The van der Waals surface area contributed by atoms with Crippen LogP contribution in [0.25, 0.3) is 0 Å². The molecule has 20 heavy (non-hydrogen) atoms. The van der Waals surface area contributed by atoms with Crippen LogP contribution in [0.3, 0.4) is 0 Å².